The lowest BCUT2D eigenvalue weighted by molar-refractivity contribution is -0.139. The Hall–Kier alpha value is -1.89. The highest BCUT2D eigenvalue weighted by Gasteiger charge is 2.12. The first kappa shape index (κ1) is 18.2. The lowest BCUT2D eigenvalue weighted by Gasteiger charge is -2.07. The van der Waals surface area contributed by atoms with Crippen LogP contribution in [0.2, 0.25) is 0 Å². The van der Waals surface area contributed by atoms with E-state index < -0.39 is 11.8 Å². The molecule has 2 N–H and O–H groups in total. The van der Waals surface area contributed by atoms with Gasteiger partial charge in [-0.2, -0.15) is 5.10 Å². The van der Waals surface area contributed by atoms with Gasteiger partial charge in [0, 0.05) is 6.04 Å². The van der Waals surface area contributed by atoms with Crippen LogP contribution in [-0.2, 0) is 9.59 Å². The number of halogens is 1. The Labute approximate surface area is 138 Å². The second-order valence-corrected chi connectivity index (χ2v) is 5.72. The first-order chi connectivity index (χ1) is 10.4. The molecule has 2 amide bonds. The summed E-state index contributed by atoms with van der Waals surface area (Å²) in [6.45, 7) is 6.22. The number of ether oxygens (including phenoxy) is 1. The van der Waals surface area contributed by atoms with Crippen LogP contribution in [0.25, 0.3) is 0 Å². The molecule has 22 heavy (non-hydrogen) atoms. The van der Waals surface area contributed by atoms with Crippen molar-refractivity contribution in [3.63, 3.8) is 0 Å². The Morgan fingerprint density at radius 1 is 1.36 bits per heavy atom. The second-order valence-electron chi connectivity index (χ2n) is 4.87. The van der Waals surface area contributed by atoms with E-state index in [2.05, 4.69) is 31.8 Å². The quantitative estimate of drug-likeness (QED) is 0.458. The van der Waals surface area contributed by atoms with E-state index in [0.717, 1.165) is 22.2 Å². The van der Waals surface area contributed by atoms with Gasteiger partial charge >= 0.3 is 11.8 Å². The maximum Gasteiger partial charge on any atom is 0.329 e. The molecule has 0 radical (unpaired) electrons. The average molecular weight is 370 g/mol. The molecule has 0 aliphatic rings. The van der Waals surface area contributed by atoms with E-state index in [1.165, 1.54) is 6.21 Å². The Balaban J connectivity index is 2.58. The third-order valence-electron chi connectivity index (χ3n) is 2.42. The summed E-state index contributed by atoms with van der Waals surface area (Å²) in [5.74, 6) is -0.761. The molecule has 0 heterocycles. The maximum absolute atomic E-state index is 11.4. The van der Waals surface area contributed by atoms with Gasteiger partial charge in [0.15, 0.2) is 0 Å². The number of nitrogens with zero attached hydrogens (tertiary/aromatic N) is 1. The average Bonchev–Trinajstić information content (AvgIpc) is 2.45. The summed E-state index contributed by atoms with van der Waals surface area (Å²) in [6, 6.07) is 5.33. The van der Waals surface area contributed by atoms with Crippen LogP contribution >= 0.6 is 15.9 Å². The highest BCUT2D eigenvalue weighted by Crippen LogP contribution is 2.25. The summed E-state index contributed by atoms with van der Waals surface area (Å²) in [5.41, 5.74) is 2.94. The number of rotatable bonds is 6. The highest BCUT2D eigenvalue weighted by atomic mass is 79.9. The molecule has 0 saturated heterocycles. The van der Waals surface area contributed by atoms with Crippen LogP contribution in [0.4, 0.5) is 0 Å². The standard InChI is InChI=1S/C15H20BrN3O3/c1-4-7-22-13-6-5-11(8-12(13)16)9-17-19-15(21)14(20)18-10(2)3/h5-6,8-10H,4,7H2,1-3H3,(H,18,20)(H,19,21)/b17-9-. The molecule has 0 aliphatic heterocycles. The minimum atomic E-state index is -0.799. The molecule has 0 unspecified atom stereocenters. The third-order valence-corrected chi connectivity index (χ3v) is 3.04. The van der Waals surface area contributed by atoms with Crippen LogP contribution in [0.5, 0.6) is 5.75 Å². The number of nitrogens with one attached hydrogen (secondary N) is 2. The number of amides is 2. The lowest BCUT2D eigenvalue weighted by Crippen LogP contribution is -2.41. The molecule has 0 aliphatic carbocycles. The molecule has 1 rings (SSSR count). The summed E-state index contributed by atoms with van der Waals surface area (Å²) in [7, 11) is 0. The van der Waals surface area contributed by atoms with E-state index in [1.807, 2.05) is 19.1 Å². The van der Waals surface area contributed by atoms with Crippen molar-refractivity contribution in [1.82, 2.24) is 10.7 Å². The minimum absolute atomic E-state index is 0.103. The minimum Gasteiger partial charge on any atom is -0.492 e. The summed E-state index contributed by atoms with van der Waals surface area (Å²) >= 11 is 3.41. The fourth-order valence-electron chi connectivity index (χ4n) is 1.47. The zero-order chi connectivity index (χ0) is 16.5. The fourth-order valence-corrected chi connectivity index (χ4v) is 1.98. The van der Waals surface area contributed by atoms with Crippen molar-refractivity contribution in [1.29, 1.82) is 0 Å². The van der Waals surface area contributed by atoms with Gasteiger partial charge in [-0.15, -0.1) is 0 Å². The van der Waals surface area contributed by atoms with Crippen LogP contribution in [0, 0.1) is 0 Å². The van der Waals surface area contributed by atoms with E-state index in [0.29, 0.717) is 6.61 Å². The van der Waals surface area contributed by atoms with Crippen LogP contribution in [0.3, 0.4) is 0 Å². The number of benzene rings is 1. The molecule has 1 aromatic rings. The second kappa shape index (κ2) is 9.19. The van der Waals surface area contributed by atoms with Gasteiger partial charge in [0.05, 0.1) is 17.3 Å². The summed E-state index contributed by atoms with van der Waals surface area (Å²) in [4.78, 5) is 22.8. The van der Waals surface area contributed by atoms with Crippen molar-refractivity contribution in [2.75, 3.05) is 6.61 Å². The third kappa shape index (κ3) is 6.26. The van der Waals surface area contributed by atoms with Crippen molar-refractivity contribution in [3.05, 3.63) is 28.2 Å². The molecule has 6 nitrogen and oxygen atoms in total. The van der Waals surface area contributed by atoms with Gasteiger partial charge in [-0.05, 0) is 60.0 Å². The normalized spacial score (nSPS) is 10.8. The molecule has 0 aromatic heterocycles. The summed E-state index contributed by atoms with van der Waals surface area (Å²) in [6.07, 6.45) is 2.38. The number of hydrogen-bond acceptors (Lipinski definition) is 4. The smallest absolute Gasteiger partial charge is 0.329 e. The van der Waals surface area contributed by atoms with Crippen molar-refractivity contribution in [2.24, 2.45) is 5.10 Å². The molecule has 1 aromatic carbocycles. The Morgan fingerprint density at radius 3 is 2.68 bits per heavy atom. The summed E-state index contributed by atoms with van der Waals surface area (Å²) < 4.78 is 6.34. The molecule has 0 spiro atoms. The molecule has 0 saturated carbocycles. The SMILES string of the molecule is CCCOc1ccc(/C=N\NC(=O)C(=O)NC(C)C)cc1Br. The van der Waals surface area contributed by atoms with Gasteiger partial charge in [-0.25, -0.2) is 5.43 Å². The van der Waals surface area contributed by atoms with Crippen molar-refractivity contribution in [2.45, 2.75) is 33.2 Å². The monoisotopic (exact) mass is 369 g/mol. The molecule has 0 fully saturated rings. The van der Waals surface area contributed by atoms with E-state index in [4.69, 9.17) is 4.74 Å². The largest absolute Gasteiger partial charge is 0.492 e. The Bertz CT molecular complexity index is 559. The predicted octanol–water partition coefficient (Wildman–Crippen LogP) is 2.21. The molecular formula is C15H20BrN3O3. The topological polar surface area (TPSA) is 79.8 Å². The fraction of sp³-hybridized carbons (Fsp3) is 0.400. The zero-order valence-corrected chi connectivity index (χ0v) is 14.4. The van der Waals surface area contributed by atoms with E-state index in [9.17, 15) is 9.59 Å². The molecule has 0 atom stereocenters. The summed E-state index contributed by atoms with van der Waals surface area (Å²) in [5, 5.41) is 6.23. The Kier molecular flexibility index (Phi) is 7.59. The maximum atomic E-state index is 11.4. The van der Waals surface area contributed by atoms with Crippen molar-refractivity contribution < 1.29 is 14.3 Å². The number of carbonyl (C=O) groups excluding carboxylic acids is 2. The first-order valence-electron chi connectivity index (χ1n) is 7.00. The van der Waals surface area contributed by atoms with Gasteiger partial charge in [-0.3, -0.25) is 9.59 Å². The number of carbonyl (C=O) groups is 2. The van der Waals surface area contributed by atoms with Gasteiger partial charge in [0.25, 0.3) is 0 Å². The molecule has 7 heteroatoms. The van der Waals surface area contributed by atoms with Crippen molar-refractivity contribution in [3.8, 4) is 5.75 Å². The van der Waals surface area contributed by atoms with Gasteiger partial charge < -0.3 is 10.1 Å². The zero-order valence-electron chi connectivity index (χ0n) is 12.9. The van der Waals surface area contributed by atoms with Crippen LogP contribution < -0.4 is 15.5 Å². The Morgan fingerprint density at radius 2 is 2.09 bits per heavy atom. The molecular weight excluding hydrogens is 350 g/mol. The molecule has 120 valence electrons. The lowest BCUT2D eigenvalue weighted by atomic mass is 10.2. The van der Waals surface area contributed by atoms with E-state index in [1.54, 1.807) is 19.9 Å². The first-order valence-corrected chi connectivity index (χ1v) is 7.79. The highest BCUT2D eigenvalue weighted by molar-refractivity contribution is 9.10. The van der Waals surface area contributed by atoms with Crippen molar-refractivity contribution >= 4 is 34.0 Å². The number of hydrazone groups is 1. The van der Waals surface area contributed by atoms with Crippen LogP contribution in [-0.4, -0.2) is 30.7 Å². The predicted molar refractivity (Wildman–Crippen MR) is 88.9 cm³/mol. The van der Waals surface area contributed by atoms with Gasteiger partial charge in [0.1, 0.15) is 5.75 Å². The number of hydrogen-bond donors (Lipinski definition) is 2. The van der Waals surface area contributed by atoms with E-state index >= 15 is 0 Å². The molecule has 0 bridgehead atoms. The van der Waals surface area contributed by atoms with E-state index in [-0.39, 0.29) is 6.04 Å². The van der Waals surface area contributed by atoms with Crippen LogP contribution in [0.15, 0.2) is 27.8 Å². The van der Waals surface area contributed by atoms with Crippen LogP contribution in [0.1, 0.15) is 32.8 Å². The van der Waals surface area contributed by atoms with Gasteiger partial charge in [0.2, 0.25) is 0 Å². The van der Waals surface area contributed by atoms with Gasteiger partial charge in [-0.1, -0.05) is 6.92 Å².